The fourth-order valence-corrected chi connectivity index (χ4v) is 2.36. The summed E-state index contributed by atoms with van der Waals surface area (Å²) in [6.45, 7) is 3.10. The molecule has 5 nitrogen and oxygen atoms in total. The van der Waals surface area contributed by atoms with Crippen molar-refractivity contribution in [1.29, 1.82) is 5.26 Å². The Hall–Kier alpha value is -2.22. The molecule has 1 aromatic rings. The topological polar surface area (TPSA) is 79.3 Å². The Morgan fingerprint density at radius 2 is 2.32 bits per heavy atom. The fourth-order valence-electron chi connectivity index (χ4n) is 2.36. The highest BCUT2D eigenvalue weighted by Gasteiger charge is 2.39. The van der Waals surface area contributed by atoms with Crippen LogP contribution in [0.5, 0.6) is 5.75 Å². The maximum atomic E-state index is 11.5. The van der Waals surface area contributed by atoms with E-state index in [2.05, 4.69) is 6.07 Å². The molecule has 0 spiro atoms. The van der Waals surface area contributed by atoms with E-state index in [-0.39, 0.29) is 5.91 Å². The molecule has 1 atom stereocenters. The van der Waals surface area contributed by atoms with Crippen LogP contribution in [0.15, 0.2) is 18.2 Å². The maximum absolute atomic E-state index is 11.5. The standard InChI is InChI=1S/C14H17N3O2/c1-14(13(16)18)5-6-17(9-14)12-7-11(19-2)4-3-10(12)8-15/h3-4,7H,5-6,9H2,1-2H3,(H2,16,18). The molecule has 0 aliphatic carbocycles. The van der Waals surface area contributed by atoms with Crippen molar-refractivity contribution in [2.75, 3.05) is 25.1 Å². The Balaban J connectivity index is 2.33. The lowest BCUT2D eigenvalue weighted by atomic mass is 9.89. The van der Waals surface area contributed by atoms with Gasteiger partial charge in [0.1, 0.15) is 11.8 Å². The molecule has 19 heavy (non-hydrogen) atoms. The van der Waals surface area contributed by atoms with Crippen molar-refractivity contribution in [3.05, 3.63) is 23.8 Å². The van der Waals surface area contributed by atoms with Crippen molar-refractivity contribution in [2.24, 2.45) is 11.1 Å². The first-order valence-corrected chi connectivity index (χ1v) is 6.13. The van der Waals surface area contributed by atoms with Gasteiger partial charge >= 0.3 is 0 Å². The third-order valence-corrected chi connectivity index (χ3v) is 3.73. The molecule has 100 valence electrons. The summed E-state index contributed by atoms with van der Waals surface area (Å²) in [5.41, 5.74) is 6.29. The molecule has 5 heteroatoms. The molecule has 1 aromatic carbocycles. The first-order valence-electron chi connectivity index (χ1n) is 6.13. The van der Waals surface area contributed by atoms with Crippen LogP contribution in [0.3, 0.4) is 0 Å². The normalized spacial score (nSPS) is 22.1. The minimum atomic E-state index is -0.532. The van der Waals surface area contributed by atoms with Crippen molar-refractivity contribution < 1.29 is 9.53 Å². The number of hydrogen-bond acceptors (Lipinski definition) is 4. The Labute approximate surface area is 112 Å². The van der Waals surface area contributed by atoms with Crippen molar-refractivity contribution in [2.45, 2.75) is 13.3 Å². The first-order chi connectivity index (χ1) is 9.00. The zero-order valence-electron chi connectivity index (χ0n) is 11.1. The Kier molecular flexibility index (Phi) is 3.34. The fraction of sp³-hybridized carbons (Fsp3) is 0.429. The van der Waals surface area contributed by atoms with E-state index >= 15 is 0 Å². The summed E-state index contributed by atoms with van der Waals surface area (Å²) < 4.78 is 5.19. The van der Waals surface area contributed by atoms with Crippen LogP contribution in [0, 0.1) is 16.7 Å². The van der Waals surface area contributed by atoms with Gasteiger partial charge in [0.25, 0.3) is 0 Å². The molecule has 1 heterocycles. The molecule has 0 aromatic heterocycles. The molecule has 2 N–H and O–H groups in total. The molecule has 0 saturated carbocycles. The van der Waals surface area contributed by atoms with Gasteiger partial charge in [-0.15, -0.1) is 0 Å². The highest BCUT2D eigenvalue weighted by Crippen LogP contribution is 2.35. The largest absolute Gasteiger partial charge is 0.497 e. The number of ether oxygens (including phenoxy) is 1. The van der Waals surface area contributed by atoms with Crippen LogP contribution in [0.1, 0.15) is 18.9 Å². The van der Waals surface area contributed by atoms with Crippen LogP contribution in [0.4, 0.5) is 5.69 Å². The van der Waals surface area contributed by atoms with Gasteiger partial charge in [0.05, 0.1) is 23.8 Å². The van der Waals surface area contributed by atoms with E-state index in [1.165, 1.54) is 0 Å². The average Bonchev–Trinajstić information content (AvgIpc) is 2.82. The predicted molar refractivity (Wildman–Crippen MR) is 71.8 cm³/mol. The van der Waals surface area contributed by atoms with E-state index in [1.54, 1.807) is 19.2 Å². The van der Waals surface area contributed by atoms with E-state index in [1.807, 2.05) is 17.9 Å². The van der Waals surface area contributed by atoms with Crippen molar-refractivity contribution in [1.82, 2.24) is 0 Å². The van der Waals surface area contributed by atoms with Crippen LogP contribution in [-0.4, -0.2) is 26.1 Å². The lowest BCUT2D eigenvalue weighted by Gasteiger charge is -2.23. The number of hydrogen-bond donors (Lipinski definition) is 1. The predicted octanol–water partition coefficient (Wildman–Crippen LogP) is 1.27. The third kappa shape index (κ3) is 2.34. The molecule has 1 aliphatic rings. The highest BCUT2D eigenvalue weighted by molar-refractivity contribution is 5.82. The van der Waals surface area contributed by atoms with E-state index in [0.29, 0.717) is 30.8 Å². The molecule has 1 amide bonds. The third-order valence-electron chi connectivity index (χ3n) is 3.73. The van der Waals surface area contributed by atoms with Gasteiger partial charge < -0.3 is 15.4 Å². The highest BCUT2D eigenvalue weighted by atomic mass is 16.5. The zero-order valence-corrected chi connectivity index (χ0v) is 11.1. The van der Waals surface area contributed by atoms with Crippen LogP contribution in [-0.2, 0) is 4.79 Å². The van der Waals surface area contributed by atoms with E-state index in [9.17, 15) is 10.1 Å². The summed E-state index contributed by atoms with van der Waals surface area (Å²) in [5, 5.41) is 9.17. The van der Waals surface area contributed by atoms with Crippen LogP contribution < -0.4 is 15.4 Å². The lowest BCUT2D eigenvalue weighted by molar-refractivity contribution is -0.125. The van der Waals surface area contributed by atoms with Crippen molar-refractivity contribution in [3.8, 4) is 11.8 Å². The number of rotatable bonds is 3. The van der Waals surface area contributed by atoms with Gasteiger partial charge in [-0.25, -0.2) is 0 Å². The number of nitrogens with two attached hydrogens (primary N) is 1. The Morgan fingerprint density at radius 1 is 1.58 bits per heavy atom. The number of nitriles is 1. The van der Waals surface area contributed by atoms with Gasteiger partial charge in [-0.1, -0.05) is 0 Å². The van der Waals surface area contributed by atoms with Crippen LogP contribution >= 0.6 is 0 Å². The minimum absolute atomic E-state index is 0.295. The second-order valence-electron chi connectivity index (χ2n) is 5.09. The maximum Gasteiger partial charge on any atom is 0.225 e. The Bertz CT molecular complexity index is 550. The number of nitrogens with zero attached hydrogens (tertiary/aromatic N) is 2. The Morgan fingerprint density at radius 3 is 2.84 bits per heavy atom. The summed E-state index contributed by atoms with van der Waals surface area (Å²) in [4.78, 5) is 13.5. The molecule has 1 fully saturated rings. The lowest BCUT2D eigenvalue weighted by Crippen LogP contribution is -2.37. The van der Waals surface area contributed by atoms with Gasteiger partial charge in [0, 0.05) is 19.2 Å². The number of methoxy groups -OCH3 is 1. The smallest absolute Gasteiger partial charge is 0.225 e. The summed E-state index contributed by atoms with van der Waals surface area (Å²) in [6, 6.07) is 7.48. The summed E-state index contributed by atoms with van der Waals surface area (Å²) in [6.07, 6.45) is 0.699. The number of carbonyl (C=O) groups excluding carboxylic acids is 1. The van der Waals surface area contributed by atoms with Gasteiger partial charge in [-0.05, 0) is 25.5 Å². The quantitative estimate of drug-likeness (QED) is 0.886. The van der Waals surface area contributed by atoms with Gasteiger partial charge in [0.15, 0.2) is 0 Å². The molecular weight excluding hydrogens is 242 g/mol. The molecule has 2 rings (SSSR count). The summed E-state index contributed by atoms with van der Waals surface area (Å²) >= 11 is 0. The molecule has 0 bridgehead atoms. The van der Waals surface area contributed by atoms with Crippen molar-refractivity contribution in [3.63, 3.8) is 0 Å². The number of primary amides is 1. The second kappa shape index (κ2) is 4.81. The van der Waals surface area contributed by atoms with Crippen LogP contribution in [0.25, 0.3) is 0 Å². The molecule has 1 unspecified atom stereocenters. The van der Waals surface area contributed by atoms with E-state index in [4.69, 9.17) is 10.5 Å². The first kappa shape index (κ1) is 13.2. The number of benzene rings is 1. The molecule has 0 radical (unpaired) electrons. The van der Waals surface area contributed by atoms with Gasteiger partial charge in [-0.2, -0.15) is 5.26 Å². The van der Waals surface area contributed by atoms with E-state index < -0.39 is 5.41 Å². The SMILES string of the molecule is COc1ccc(C#N)c(N2CCC(C)(C(N)=O)C2)c1. The molecule has 1 aliphatic heterocycles. The van der Waals surface area contributed by atoms with Gasteiger partial charge in [-0.3, -0.25) is 4.79 Å². The minimum Gasteiger partial charge on any atom is -0.497 e. The number of carbonyl (C=O) groups is 1. The average molecular weight is 259 g/mol. The summed E-state index contributed by atoms with van der Waals surface area (Å²) in [5.74, 6) is 0.401. The van der Waals surface area contributed by atoms with Crippen LogP contribution in [0.2, 0.25) is 0 Å². The summed E-state index contributed by atoms with van der Waals surface area (Å²) in [7, 11) is 1.59. The van der Waals surface area contributed by atoms with Crippen molar-refractivity contribution >= 4 is 11.6 Å². The number of amides is 1. The zero-order chi connectivity index (χ0) is 14.0. The molecule has 1 saturated heterocycles. The van der Waals surface area contributed by atoms with E-state index in [0.717, 1.165) is 5.69 Å². The number of anilines is 1. The monoisotopic (exact) mass is 259 g/mol. The second-order valence-corrected chi connectivity index (χ2v) is 5.09. The van der Waals surface area contributed by atoms with Gasteiger partial charge in [0.2, 0.25) is 5.91 Å². The molecular formula is C14H17N3O2.